The van der Waals surface area contributed by atoms with E-state index in [1.165, 1.54) is 0 Å². The number of nitrogens with two attached hydrogens (primary N) is 1. The highest BCUT2D eigenvalue weighted by molar-refractivity contribution is 8.00. The summed E-state index contributed by atoms with van der Waals surface area (Å²) in [6.07, 6.45) is 0. The van der Waals surface area contributed by atoms with Gasteiger partial charge in [-0.25, -0.2) is 0 Å². The Morgan fingerprint density at radius 1 is 1.59 bits per heavy atom. The number of hydrogen-bond donors (Lipinski definition) is 2. The van der Waals surface area contributed by atoms with Crippen molar-refractivity contribution in [1.29, 1.82) is 0 Å². The van der Waals surface area contributed by atoms with E-state index >= 15 is 0 Å². The van der Waals surface area contributed by atoms with Gasteiger partial charge in [0.05, 0.1) is 5.25 Å². The second kappa shape index (κ2) is 6.89. The highest BCUT2D eigenvalue weighted by Gasteiger charge is 2.14. The van der Waals surface area contributed by atoms with Crippen LogP contribution in [0.2, 0.25) is 5.02 Å². The van der Waals surface area contributed by atoms with Gasteiger partial charge in [0, 0.05) is 23.0 Å². The Morgan fingerprint density at radius 3 is 2.94 bits per heavy atom. The van der Waals surface area contributed by atoms with E-state index in [0.29, 0.717) is 11.6 Å². The number of thioether (sulfide) groups is 1. The molecule has 0 aromatic heterocycles. The van der Waals surface area contributed by atoms with Gasteiger partial charge < -0.3 is 11.1 Å². The fourth-order valence-electron chi connectivity index (χ4n) is 1.30. The molecule has 0 saturated heterocycles. The van der Waals surface area contributed by atoms with E-state index in [0.717, 1.165) is 17.0 Å². The topological polar surface area (TPSA) is 55.1 Å². The van der Waals surface area contributed by atoms with E-state index in [1.807, 2.05) is 26.0 Å². The lowest BCUT2D eigenvalue weighted by Gasteiger charge is -2.13. The molecule has 17 heavy (non-hydrogen) atoms. The number of hydrogen-bond acceptors (Lipinski definition) is 3. The summed E-state index contributed by atoms with van der Waals surface area (Å²) in [7, 11) is 0. The molecule has 0 fully saturated rings. The summed E-state index contributed by atoms with van der Waals surface area (Å²) < 4.78 is 0. The number of benzene rings is 1. The maximum absolute atomic E-state index is 11.9. The monoisotopic (exact) mass is 272 g/mol. The number of halogens is 1. The van der Waals surface area contributed by atoms with Crippen molar-refractivity contribution in [2.75, 3.05) is 17.6 Å². The second-order valence-electron chi connectivity index (χ2n) is 3.70. The zero-order valence-electron chi connectivity index (χ0n) is 10.00. The standard InChI is InChI=1S/C12H17ClN2OS/c1-8-10(13)4-3-5-11(8)15-12(16)9(2)17-7-6-14/h3-5,9H,6-7,14H2,1-2H3,(H,15,16). The van der Waals surface area contributed by atoms with Crippen LogP contribution >= 0.6 is 23.4 Å². The number of anilines is 1. The van der Waals surface area contributed by atoms with Crippen LogP contribution in [0, 0.1) is 6.92 Å². The molecular weight excluding hydrogens is 256 g/mol. The Morgan fingerprint density at radius 2 is 2.29 bits per heavy atom. The van der Waals surface area contributed by atoms with Crippen LogP contribution in [0.3, 0.4) is 0 Å². The number of carbonyl (C=O) groups excluding carboxylic acids is 1. The number of amides is 1. The first kappa shape index (κ1) is 14.4. The van der Waals surface area contributed by atoms with Crippen molar-refractivity contribution in [3.8, 4) is 0 Å². The molecule has 3 nitrogen and oxygen atoms in total. The first-order valence-electron chi connectivity index (χ1n) is 5.44. The summed E-state index contributed by atoms with van der Waals surface area (Å²) in [5.41, 5.74) is 7.06. The van der Waals surface area contributed by atoms with E-state index in [1.54, 1.807) is 17.8 Å². The summed E-state index contributed by atoms with van der Waals surface area (Å²) in [5.74, 6) is 0.761. The molecule has 0 aliphatic heterocycles. The maximum Gasteiger partial charge on any atom is 0.237 e. The zero-order chi connectivity index (χ0) is 12.8. The van der Waals surface area contributed by atoms with E-state index in [9.17, 15) is 4.79 Å². The van der Waals surface area contributed by atoms with E-state index < -0.39 is 0 Å². The van der Waals surface area contributed by atoms with Crippen molar-refractivity contribution in [2.24, 2.45) is 5.73 Å². The normalized spacial score (nSPS) is 12.2. The van der Waals surface area contributed by atoms with Crippen molar-refractivity contribution in [2.45, 2.75) is 19.1 Å². The lowest BCUT2D eigenvalue weighted by molar-refractivity contribution is -0.115. The Balaban J connectivity index is 2.64. The lowest BCUT2D eigenvalue weighted by Crippen LogP contribution is -2.24. The van der Waals surface area contributed by atoms with Gasteiger partial charge in [-0.2, -0.15) is 0 Å². The van der Waals surface area contributed by atoms with Crippen LogP contribution in [-0.4, -0.2) is 23.5 Å². The molecule has 1 aromatic rings. The molecule has 0 aliphatic rings. The molecular formula is C12H17ClN2OS. The SMILES string of the molecule is Cc1c(Cl)cccc1NC(=O)C(C)SCCN. The Hall–Kier alpha value is -0.710. The van der Waals surface area contributed by atoms with Gasteiger partial charge >= 0.3 is 0 Å². The van der Waals surface area contributed by atoms with Crippen LogP contribution in [0.5, 0.6) is 0 Å². The summed E-state index contributed by atoms with van der Waals surface area (Å²) in [6, 6.07) is 5.47. The molecule has 0 heterocycles. The van der Waals surface area contributed by atoms with Crippen molar-refractivity contribution < 1.29 is 4.79 Å². The molecule has 94 valence electrons. The maximum atomic E-state index is 11.9. The fraction of sp³-hybridized carbons (Fsp3) is 0.417. The molecule has 5 heteroatoms. The van der Waals surface area contributed by atoms with Gasteiger partial charge in [-0.05, 0) is 31.5 Å². The van der Waals surface area contributed by atoms with Gasteiger partial charge in [-0.3, -0.25) is 4.79 Å². The number of carbonyl (C=O) groups is 1. The first-order chi connectivity index (χ1) is 8.06. The minimum absolute atomic E-state index is 0.0196. The van der Waals surface area contributed by atoms with Gasteiger partial charge in [-0.15, -0.1) is 11.8 Å². The Bertz CT molecular complexity index is 398. The largest absolute Gasteiger partial charge is 0.330 e. The van der Waals surface area contributed by atoms with Crippen molar-refractivity contribution in [3.05, 3.63) is 28.8 Å². The molecule has 0 bridgehead atoms. The predicted molar refractivity (Wildman–Crippen MR) is 75.8 cm³/mol. The van der Waals surface area contributed by atoms with E-state index in [4.69, 9.17) is 17.3 Å². The Kier molecular flexibility index (Phi) is 5.82. The average molecular weight is 273 g/mol. The molecule has 0 spiro atoms. The van der Waals surface area contributed by atoms with E-state index in [-0.39, 0.29) is 11.2 Å². The third-order valence-corrected chi connectivity index (χ3v) is 3.98. The lowest BCUT2D eigenvalue weighted by atomic mass is 10.2. The molecule has 3 N–H and O–H groups in total. The summed E-state index contributed by atoms with van der Waals surface area (Å²) in [4.78, 5) is 11.9. The molecule has 1 rings (SSSR count). The van der Waals surface area contributed by atoms with Crippen LogP contribution in [0.1, 0.15) is 12.5 Å². The molecule has 0 aliphatic carbocycles. The van der Waals surface area contributed by atoms with Gasteiger partial charge in [0.25, 0.3) is 0 Å². The van der Waals surface area contributed by atoms with Gasteiger partial charge in [0.1, 0.15) is 0 Å². The quantitative estimate of drug-likeness (QED) is 0.866. The van der Waals surface area contributed by atoms with Crippen molar-refractivity contribution >= 4 is 35.0 Å². The molecule has 1 amide bonds. The van der Waals surface area contributed by atoms with Crippen molar-refractivity contribution in [1.82, 2.24) is 0 Å². The summed E-state index contributed by atoms with van der Waals surface area (Å²) >= 11 is 7.53. The van der Waals surface area contributed by atoms with Crippen LogP contribution in [0.4, 0.5) is 5.69 Å². The highest BCUT2D eigenvalue weighted by Crippen LogP contribution is 2.23. The predicted octanol–water partition coefficient (Wildman–Crippen LogP) is 2.67. The van der Waals surface area contributed by atoms with Crippen molar-refractivity contribution in [3.63, 3.8) is 0 Å². The minimum Gasteiger partial charge on any atom is -0.330 e. The van der Waals surface area contributed by atoms with Gasteiger partial charge in [0.2, 0.25) is 5.91 Å². The number of nitrogens with one attached hydrogen (secondary N) is 1. The summed E-state index contributed by atoms with van der Waals surface area (Å²) in [5, 5.41) is 3.42. The van der Waals surface area contributed by atoms with Crippen LogP contribution in [0.25, 0.3) is 0 Å². The smallest absolute Gasteiger partial charge is 0.237 e. The second-order valence-corrected chi connectivity index (χ2v) is 5.56. The van der Waals surface area contributed by atoms with Gasteiger partial charge in [0.15, 0.2) is 0 Å². The molecule has 1 unspecified atom stereocenters. The molecule has 1 atom stereocenters. The highest BCUT2D eigenvalue weighted by atomic mass is 35.5. The van der Waals surface area contributed by atoms with Gasteiger partial charge in [-0.1, -0.05) is 17.7 Å². The number of rotatable bonds is 5. The average Bonchev–Trinajstić information content (AvgIpc) is 2.31. The van der Waals surface area contributed by atoms with Crippen LogP contribution in [0.15, 0.2) is 18.2 Å². The third-order valence-electron chi connectivity index (χ3n) is 2.38. The summed E-state index contributed by atoms with van der Waals surface area (Å²) in [6.45, 7) is 4.34. The van der Waals surface area contributed by atoms with E-state index in [2.05, 4.69) is 5.32 Å². The first-order valence-corrected chi connectivity index (χ1v) is 6.86. The molecule has 0 saturated carbocycles. The molecule has 0 radical (unpaired) electrons. The Labute approximate surface area is 111 Å². The minimum atomic E-state index is -0.114. The third kappa shape index (κ3) is 4.22. The van der Waals surface area contributed by atoms with Crippen LogP contribution < -0.4 is 11.1 Å². The molecule has 1 aromatic carbocycles. The zero-order valence-corrected chi connectivity index (χ0v) is 11.6. The fourth-order valence-corrected chi connectivity index (χ4v) is 2.17. The van der Waals surface area contributed by atoms with Crippen LogP contribution in [-0.2, 0) is 4.79 Å².